The van der Waals surface area contributed by atoms with Crippen molar-refractivity contribution < 1.29 is 9.53 Å². The summed E-state index contributed by atoms with van der Waals surface area (Å²) >= 11 is 1.27. The second-order valence-electron chi connectivity index (χ2n) is 6.32. The summed E-state index contributed by atoms with van der Waals surface area (Å²) in [4.78, 5) is 33.5. The number of aromatic amines is 1. The van der Waals surface area contributed by atoms with Crippen molar-refractivity contribution in [2.75, 3.05) is 19.5 Å². The zero-order valence-electron chi connectivity index (χ0n) is 15.3. The number of Topliss-reactive ketones (excluding diaryl/α,β-unsaturated/α-hetero) is 1. The van der Waals surface area contributed by atoms with Crippen molar-refractivity contribution in [2.45, 2.75) is 11.7 Å². The van der Waals surface area contributed by atoms with Crippen LogP contribution in [0.25, 0.3) is 21.9 Å². The summed E-state index contributed by atoms with van der Waals surface area (Å²) < 4.78 is 6.72. The maximum Gasteiger partial charge on any atom is 0.278 e. The molecule has 0 spiro atoms. The Labute approximate surface area is 165 Å². The number of rotatable bonds is 7. The first-order valence-electron chi connectivity index (χ1n) is 8.90. The largest absolute Gasteiger partial charge is 0.383 e. The predicted octanol–water partition coefficient (Wildman–Crippen LogP) is 3.50. The minimum Gasteiger partial charge on any atom is -0.383 e. The molecule has 0 aliphatic rings. The van der Waals surface area contributed by atoms with Crippen molar-refractivity contribution in [1.82, 2.24) is 14.5 Å². The van der Waals surface area contributed by atoms with Crippen LogP contribution in [0, 0.1) is 0 Å². The number of methoxy groups -OCH3 is 1. The fourth-order valence-corrected chi connectivity index (χ4v) is 4.02. The molecule has 4 rings (SSSR count). The van der Waals surface area contributed by atoms with Gasteiger partial charge in [-0.05, 0) is 6.07 Å². The molecule has 142 valence electrons. The number of benzene rings is 2. The average Bonchev–Trinajstić information content (AvgIpc) is 3.11. The van der Waals surface area contributed by atoms with Gasteiger partial charge in [0.25, 0.3) is 5.56 Å². The van der Waals surface area contributed by atoms with E-state index in [1.54, 1.807) is 23.8 Å². The molecule has 0 aliphatic heterocycles. The van der Waals surface area contributed by atoms with Crippen molar-refractivity contribution in [2.24, 2.45) is 0 Å². The number of nitrogens with zero attached hydrogens (tertiary/aromatic N) is 2. The summed E-state index contributed by atoms with van der Waals surface area (Å²) in [5.74, 6) is 0.203. The summed E-state index contributed by atoms with van der Waals surface area (Å²) in [5, 5.41) is 1.41. The van der Waals surface area contributed by atoms with Crippen molar-refractivity contribution in [3.63, 3.8) is 0 Å². The highest BCUT2D eigenvalue weighted by Crippen LogP contribution is 2.25. The lowest BCUT2D eigenvalue weighted by atomic mass is 10.2. The van der Waals surface area contributed by atoms with Crippen LogP contribution in [0.1, 0.15) is 10.4 Å². The number of ketones is 1. The molecule has 6 nitrogen and oxygen atoms in total. The second kappa shape index (κ2) is 8.00. The molecule has 4 aromatic rings. The third-order valence-corrected chi connectivity index (χ3v) is 5.50. The van der Waals surface area contributed by atoms with Gasteiger partial charge in [0.05, 0.1) is 18.9 Å². The zero-order chi connectivity index (χ0) is 19.5. The number of H-pyrrole nitrogens is 1. The highest BCUT2D eigenvalue weighted by Gasteiger charge is 2.17. The maximum absolute atomic E-state index is 13.1. The molecule has 0 bridgehead atoms. The molecular weight excluding hydrogens is 374 g/mol. The van der Waals surface area contributed by atoms with Gasteiger partial charge in [-0.1, -0.05) is 60.3 Å². The Hall–Kier alpha value is -2.90. The number of ether oxygens (including phenoxy) is 1. The highest BCUT2D eigenvalue weighted by atomic mass is 32.2. The molecule has 0 amide bonds. The van der Waals surface area contributed by atoms with Gasteiger partial charge in [-0.3, -0.25) is 14.2 Å². The average molecular weight is 393 g/mol. The highest BCUT2D eigenvalue weighted by molar-refractivity contribution is 7.99. The molecule has 7 heteroatoms. The molecule has 0 radical (unpaired) electrons. The first-order valence-corrected chi connectivity index (χ1v) is 9.89. The number of carbonyl (C=O) groups is 1. The van der Waals surface area contributed by atoms with E-state index < -0.39 is 0 Å². The van der Waals surface area contributed by atoms with E-state index in [1.807, 2.05) is 42.5 Å². The lowest BCUT2D eigenvalue weighted by Gasteiger charge is -2.11. The summed E-state index contributed by atoms with van der Waals surface area (Å²) in [7, 11) is 1.59. The van der Waals surface area contributed by atoms with Crippen molar-refractivity contribution in [3.05, 3.63) is 70.5 Å². The monoisotopic (exact) mass is 393 g/mol. The Morgan fingerprint density at radius 3 is 2.68 bits per heavy atom. The van der Waals surface area contributed by atoms with Crippen molar-refractivity contribution in [3.8, 4) is 0 Å². The van der Waals surface area contributed by atoms with Crippen LogP contribution >= 0.6 is 11.8 Å². The third-order valence-electron chi connectivity index (χ3n) is 4.52. The second-order valence-corrected chi connectivity index (χ2v) is 7.26. The number of carbonyl (C=O) groups excluding carboxylic acids is 1. The molecule has 2 aromatic carbocycles. The van der Waals surface area contributed by atoms with Crippen LogP contribution in [0.4, 0.5) is 0 Å². The zero-order valence-corrected chi connectivity index (χ0v) is 16.2. The fourth-order valence-electron chi connectivity index (χ4n) is 3.10. The van der Waals surface area contributed by atoms with E-state index in [0.717, 1.165) is 10.9 Å². The van der Waals surface area contributed by atoms with Gasteiger partial charge in [0.15, 0.2) is 10.9 Å². The SMILES string of the molecule is COCCn1c(SCC(=O)c2ccccc2)nc2c([nH]c3ccccc32)c1=O. The summed E-state index contributed by atoms with van der Waals surface area (Å²) in [6.07, 6.45) is 0. The fraction of sp³-hybridized carbons (Fsp3) is 0.190. The van der Waals surface area contributed by atoms with Crippen LogP contribution in [-0.4, -0.2) is 39.8 Å². The van der Waals surface area contributed by atoms with Gasteiger partial charge in [0, 0.05) is 23.6 Å². The van der Waals surface area contributed by atoms with Crippen molar-refractivity contribution in [1.29, 1.82) is 0 Å². The number of aromatic nitrogens is 3. The number of hydrogen-bond acceptors (Lipinski definition) is 5. The van der Waals surface area contributed by atoms with Crippen LogP contribution in [-0.2, 0) is 11.3 Å². The standard InChI is InChI=1S/C21H19N3O3S/c1-27-12-11-24-20(26)19-18(15-9-5-6-10-16(15)22-19)23-21(24)28-13-17(25)14-7-3-2-4-8-14/h2-10,22H,11-13H2,1H3. The van der Waals surface area contributed by atoms with Crippen LogP contribution in [0.3, 0.4) is 0 Å². The summed E-state index contributed by atoms with van der Waals surface area (Å²) in [5.41, 5.74) is 2.45. The number of thioether (sulfide) groups is 1. The van der Waals surface area contributed by atoms with E-state index in [-0.39, 0.29) is 17.1 Å². The molecule has 0 saturated heterocycles. The number of hydrogen-bond donors (Lipinski definition) is 1. The van der Waals surface area contributed by atoms with Gasteiger partial charge >= 0.3 is 0 Å². The summed E-state index contributed by atoms with van der Waals surface area (Å²) in [6.45, 7) is 0.753. The lowest BCUT2D eigenvalue weighted by molar-refractivity contribution is 0.102. The maximum atomic E-state index is 13.1. The Morgan fingerprint density at radius 2 is 1.89 bits per heavy atom. The first kappa shape index (κ1) is 18.5. The molecule has 1 N–H and O–H groups in total. The molecule has 2 aromatic heterocycles. The minimum atomic E-state index is -0.159. The van der Waals surface area contributed by atoms with Gasteiger partial charge in [0.1, 0.15) is 11.0 Å². The lowest BCUT2D eigenvalue weighted by Crippen LogP contribution is -2.25. The van der Waals surface area contributed by atoms with E-state index in [1.165, 1.54) is 11.8 Å². The number of fused-ring (bicyclic) bond motifs is 3. The van der Waals surface area contributed by atoms with Gasteiger partial charge in [0.2, 0.25) is 0 Å². The quantitative estimate of drug-likeness (QED) is 0.295. The Bertz CT molecular complexity index is 1200. The number of nitrogens with one attached hydrogen (secondary N) is 1. The number of para-hydroxylation sites is 1. The molecular formula is C21H19N3O3S. The smallest absolute Gasteiger partial charge is 0.278 e. The molecule has 0 fully saturated rings. The van der Waals surface area contributed by atoms with E-state index in [2.05, 4.69) is 4.98 Å². The van der Waals surface area contributed by atoms with E-state index >= 15 is 0 Å². The van der Waals surface area contributed by atoms with Gasteiger partial charge in [-0.25, -0.2) is 4.98 Å². The van der Waals surface area contributed by atoms with Gasteiger partial charge in [-0.15, -0.1) is 0 Å². The van der Waals surface area contributed by atoms with Crippen LogP contribution < -0.4 is 5.56 Å². The van der Waals surface area contributed by atoms with Crippen LogP contribution in [0.5, 0.6) is 0 Å². The van der Waals surface area contributed by atoms with Crippen molar-refractivity contribution >= 4 is 39.5 Å². The molecule has 0 saturated carbocycles. The molecule has 0 unspecified atom stereocenters. The summed E-state index contributed by atoms with van der Waals surface area (Å²) in [6, 6.07) is 16.8. The molecule has 28 heavy (non-hydrogen) atoms. The van der Waals surface area contributed by atoms with Crippen LogP contribution in [0.2, 0.25) is 0 Å². The van der Waals surface area contributed by atoms with Crippen LogP contribution in [0.15, 0.2) is 64.5 Å². The molecule has 0 aliphatic carbocycles. The van der Waals surface area contributed by atoms with Gasteiger partial charge in [-0.2, -0.15) is 0 Å². The third kappa shape index (κ3) is 3.46. The Morgan fingerprint density at radius 1 is 1.14 bits per heavy atom. The predicted molar refractivity (Wildman–Crippen MR) is 111 cm³/mol. The van der Waals surface area contributed by atoms with E-state index in [4.69, 9.17) is 9.72 Å². The first-order chi connectivity index (χ1) is 13.7. The van der Waals surface area contributed by atoms with Gasteiger partial charge < -0.3 is 9.72 Å². The normalized spacial score (nSPS) is 11.3. The molecule has 0 atom stereocenters. The Kier molecular flexibility index (Phi) is 5.27. The minimum absolute atomic E-state index is 0.00263. The molecule has 2 heterocycles. The Balaban J connectivity index is 1.75. The topological polar surface area (TPSA) is 77.0 Å². The van der Waals surface area contributed by atoms with E-state index in [0.29, 0.717) is 34.9 Å². The van der Waals surface area contributed by atoms with E-state index in [9.17, 15) is 9.59 Å².